The third kappa shape index (κ3) is 2.94. The van der Waals surface area contributed by atoms with Crippen molar-refractivity contribution >= 4 is 14.0 Å². The fourth-order valence-corrected chi connectivity index (χ4v) is 4.88. The lowest BCUT2D eigenvalue weighted by atomic mass is 10.4. The highest BCUT2D eigenvalue weighted by molar-refractivity contribution is 6.84. The maximum atomic E-state index is 11.4. The van der Waals surface area contributed by atoms with Gasteiger partial charge in [0.1, 0.15) is 0 Å². The minimum Gasteiger partial charge on any atom is -0.320 e. The van der Waals surface area contributed by atoms with Crippen molar-refractivity contribution in [1.82, 2.24) is 4.90 Å². The summed E-state index contributed by atoms with van der Waals surface area (Å²) in [5.41, 5.74) is 2.39. The molecule has 2 nitrogen and oxygen atoms in total. The second-order valence-electron chi connectivity index (χ2n) is 4.43. The number of rotatable bonds is 5. The molecular formula is C12H23NOSi. The lowest BCUT2D eigenvalue weighted by molar-refractivity contribution is -0.125. The number of hydrogen-bond donors (Lipinski definition) is 0. The summed E-state index contributed by atoms with van der Waals surface area (Å²) in [5, 5.41) is 0. The van der Waals surface area contributed by atoms with Crippen LogP contribution in [-0.4, -0.2) is 25.4 Å². The highest BCUT2D eigenvalue weighted by Gasteiger charge is 2.24. The standard InChI is InChI=1S/C12H23NOSi/c1-4-15(5-2,6-3)11-10-13-9-7-8-12(13)14/h10-11H,4-9H2,1-3H3/b11-10+. The van der Waals surface area contributed by atoms with Crippen LogP contribution in [0.25, 0.3) is 0 Å². The van der Waals surface area contributed by atoms with Crippen LogP contribution in [0, 0.1) is 0 Å². The van der Waals surface area contributed by atoms with Crippen LogP contribution in [0.2, 0.25) is 18.1 Å². The molecule has 0 N–H and O–H groups in total. The summed E-state index contributed by atoms with van der Waals surface area (Å²) in [4.78, 5) is 13.4. The normalized spacial score (nSPS) is 18.1. The average Bonchev–Trinajstić information content (AvgIpc) is 2.67. The first-order valence-corrected chi connectivity index (χ1v) is 8.86. The second-order valence-corrected chi connectivity index (χ2v) is 9.61. The molecule has 0 unspecified atom stereocenters. The van der Waals surface area contributed by atoms with Crippen LogP contribution in [0.5, 0.6) is 0 Å². The quantitative estimate of drug-likeness (QED) is 0.658. The van der Waals surface area contributed by atoms with Crippen LogP contribution in [0.1, 0.15) is 33.6 Å². The van der Waals surface area contributed by atoms with Crippen LogP contribution in [0.4, 0.5) is 0 Å². The van der Waals surface area contributed by atoms with Gasteiger partial charge in [-0.25, -0.2) is 0 Å². The van der Waals surface area contributed by atoms with Crippen molar-refractivity contribution in [1.29, 1.82) is 0 Å². The van der Waals surface area contributed by atoms with Crippen LogP contribution >= 0.6 is 0 Å². The van der Waals surface area contributed by atoms with Crippen LogP contribution in [-0.2, 0) is 4.79 Å². The zero-order valence-corrected chi connectivity index (χ0v) is 11.3. The van der Waals surface area contributed by atoms with Gasteiger partial charge in [0.15, 0.2) is 0 Å². The zero-order valence-electron chi connectivity index (χ0n) is 10.3. The summed E-state index contributed by atoms with van der Waals surface area (Å²) in [7, 11) is -1.19. The number of hydrogen-bond acceptors (Lipinski definition) is 1. The first kappa shape index (κ1) is 12.5. The molecule has 15 heavy (non-hydrogen) atoms. The third-order valence-corrected chi connectivity index (χ3v) is 8.91. The Kier molecular flexibility index (Phi) is 4.58. The molecule has 1 fully saturated rings. The minimum atomic E-state index is -1.19. The highest BCUT2D eigenvalue weighted by Crippen LogP contribution is 2.22. The van der Waals surface area contributed by atoms with E-state index >= 15 is 0 Å². The molecule has 0 aromatic heterocycles. The molecule has 1 heterocycles. The fraction of sp³-hybridized carbons (Fsp3) is 0.750. The van der Waals surface area contributed by atoms with E-state index in [1.807, 2.05) is 4.90 Å². The third-order valence-electron chi connectivity index (χ3n) is 3.83. The predicted molar refractivity (Wildman–Crippen MR) is 67.3 cm³/mol. The van der Waals surface area contributed by atoms with Gasteiger partial charge in [-0.2, -0.15) is 0 Å². The Morgan fingerprint density at radius 2 is 1.87 bits per heavy atom. The van der Waals surface area contributed by atoms with E-state index in [9.17, 15) is 4.79 Å². The lowest BCUT2D eigenvalue weighted by Crippen LogP contribution is -2.30. The topological polar surface area (TPSA) is 20.3 Å². The molecule has 0 aromatic rings. The lowest BCUT2D eigenvalue weighted by Gasteiger charge is -2.24. The summed E-state index contributed by atoms with van der Waals surface area (Å²) in [6, 6.07) is 3.87. The molecular weight excluding hydrogens is 202 g/mol. The van der Waals surface area contributed by atoms with Crippen LogP contribution in [0.3, 0.4) is 0 Å². The zero-order chi connectivity index (χ0) is 11.3. The van der Waals surface area contributed by atoms with Crippen molar-refractivity contribution in [2.24, 2.45) is 0 Å². The molecule has 0 aliphatic carbocycles. The highest BCUT2D eigenvalue weighted by atomic mass is 28.3. The monoisotopic (exact) mass is 225 g/mol. The Morgan fingerprint density at radius 1 is 1.27 bits per heavy atom. The van der Waals surface area contributed by atoms with Gasteiger partial charge < -0.3 is 4.90 Å². The predicted octanol–water partition coefficient (Wildman–Crippen LogP) is 3.17. The van der Waals surface area contributed by atoms with Gasteiger partial charge in [0.05, 0.1) is 8.07 Å². The molecule has 0 spiro atoms. The molecule has 0 atom stereocenters. The van der Waals surface area contributed by atoms with Crippen molar-refractivity contribution in [3.8, 4) is 0 Å². The van der Waals surface area contributed by atoms with Gasteiger partial charge in [0, 0.05) is 13.0 Å². The van der Waals surface area contributed by atoms with Crippen molar-refractivity contribution < 1.29 is 4.79 Å². The van der Waals surface area contributed by atoms with E-state index in [0.717, 1.165) is 19.4 Å². The number of likely N-dealkylation sites (tertiary alicyclic amines) is 1. The minimum absolute atomic E-state index is 0.303. The van der Waals surface area contributed by atoms with Gasteiger partial charge in [-0.05, 0) is 12.6 Å². The second kappa shape index (κ2) is 5.49. The van der Waals surface area contributed by atoms with E-state index in [1.165, 1.54) is 18.1 Å². The molecule has 0 radical (unpaired) electrons. The van der Waals surface area contributed by atoms with E-state index in [0.29, 0.717) is 5.91 Å². The number of carbonyl (C=O) groups is 1. The van der Waals surface area contributed by atoms with Crippen molar-refractivity contribution in [3.05, 3.63) is 11.9 Å². The number of amides is 1. The van der Waals surface area contributed by atoms with E-state index in [2.05, 4.69) is 32.7 Å². The Hall–Kier alpha value is -0.573. The molecule has 0 bridgehead atoms. The SMILES string of the molecule is CC[Si](/C=C/N1CCCC1=O)(CC)CC. The Morgan fingerprint density at radius 3 is 2.27 bits per heavy atom. The maximum Gasteiger partial charge on any atom is 0.226 e. The molecule has 1 aliphatic heterocycles. The van der Waals surface area contributed by atoms with Crippen molar-refractivity contribution in [2.75, 3.05) is 6.54 Å². The Labute approximate surface area is 94.4 Å². The van der Waals surface area contributed by atoms with Gasteiger partial charge in [0.25, 0.3) is 0 Å². The smallest absolute Gasteiger partial charge is 0.226 e. The maximum absolute atomic E-state index is 11.4. The first-order valence-electron chi connectivity index (χ1n) is 6.16. The molecule has 86 valence electrons. The summed E-state index contributed by atoms with van der Waals surface area (Å²) in [6.07, 6.45) is 3.85. The Bertz CT molecular complexity index is 238. The molecule has 3 heteroatoms. The molecule has 1 aliphatic rings. The van der Waals surface area contributed by atoms with Crippen LogP contribution in [0.15, 0.2) is 11.9 Å². The van der Waals surface area contributed by atoms with E-state index in [4.69, 9.17) is 0 Å². The first-order chi connectivity index (χ1) is 7.17. The van der Waals surface area contributed by atoms with E-state index in [-0.39, 0.29) is 0 Å². The Balaban J connectivity index is 2.64. The number of carbonyl (C=O) groups excluding carboxylic acids is 1. The molecule has 1 rings (SSSR count). The van der Waals surface area contributed by atoms with Gasteiger partial charge in [-0.1, -0.05) is 44.6 Å². The summed E-state index contributed by atoms with van der Waals surface area (Å²) in [5.74, 6) is 0.303. The van der Waals surface area contributed by atoms with Gasteiger partial charge in [-0.3, -0.25) is 4.79 Å². The molecule has 0 saturated carbocycles. The summed E-state index contributed by atoms with van der Waals surface area (Å²) >= 11 is 0. The average molecular weight is 225 g/mol. The van der Waals surface area contributed by atoms with Gasteiger partial charge in [0.2, 0.25) is 5.91 Å². The van der Waals surface area contributed by atoms with E-state index in [1.54, 1.807) is 0 Å². The number of nitrogens with zero attached hydrogens (tertiary/aromatic N) is 1. The molecule has 1 amide bonds. The largest absolute Gasteiger partial charge is 0.320 e. The van der Waals surface area contributed by atoms with Crippen LogP contribution < -0.4 is 0 Å². The fourth-order valence-electron chi connectivity index (χ4n) is 2.18. The summed E-state index contributed by atoms with van der Waals surface area (Å²) < 4.78 is 0. The van der Waals surface area contributed by atoms with Crippen molar-refractivity contribution in [2.45, 2.75) is 51.7 Å². The van der Waals surface area contributed by atoms with Crippen molar-refractivity contribution in [3.63, 3.8) is 0 Å². The van der Waals surface area contributed by atoms with E-state index < -0.39 is 8.07 Å². The van der Waals surface area contributed by atoms with Gasteiger partial charge >= 0.3 is 0 Å². The molecule has 0 aromatic carbocycles. The van der Waals surface area contributed by atoms with Gasteiger partial charge in [-0.15, -0.1) is 0 Å². The molecule has 1 saturated heterocycles. The summed E-state index contributed by atoms with van der Waals surface area (Å²) in [6.45, 7) is 7.79.